The molecule has 0 aliphatic heterocycles. The van der Waals surface area contributed by atoms with Crippen molar-refractivity contribution in [2.24, 2.45) is 0 Å². The van der Waals surface area contributed by atoms with E-state index in [0.717, 1.165) is 27.8 Å². The first-order chi connectivity index (χ1) is 18.8. The predicted molar refractivity (Wildman–Crippen MR) is 161 cm³/mol. The van der Waals surface area contributed by atoms with Gasteiger partial charge >= 0.3 is 0 Å². The number of aromatic nitrogens is 1. The van der Waals surface area contributed by atoms with Gasteiger partial charge in [0.2, 0.25) is 5.43 Å². The van der Waals surface area contributed by atoms with E-state index in [1.54, 1.807) is 0 Å². The van der Waals surface area contributed by atoms with E-state index in [2.05, 4.69) is 79.1 Å². The molecule has 5 aromatic carbocycles. The van der Waals surface area contributed by atoms with Gasteiger partial charge in [-0.25, -0.2) is 0 Å². The number of hydrogen-bond donors (Lipinski definition) is 0. The molecule has 0 N–H and O–H groups in total. The highest BCUT2D eigenvalue weighted by molar-refractivity contribution is 6.12. The molecule has 0 unspecified atom stereocenters. The van der Waals surface area contributed by atoms with Crippen LogP contribution in [0.4, 0.5) is 0 Å². The summed E-state index contributed by atoms with van der Waals surface area (Å²) in [6, 6.07) is 32.1. The van der Waals surface area contributed by atoms with Gasteiger partial charge in [-0.1, -0.05) is 62.4 Å². The summed E-state index contributed by atoms with van der Waals surface area (Å²) in [6.07, 6.45) is 0. The minimum Gasteiger partial charge on any atom is -0.456 e. The Bertz CT molecular complexity index is 2240. The van der Waals surface area contributed by atoms with Gasteiger partial charge < -0.3 is 8.98 Å². The van der Waals surface area contributed by atoms with Crippen LogP contribution in [0.1, 0.15) is 36.1 Å². The molecule has 0 fully saturated rings. The van der Waals surface area contributed by atoms with Crippen LogP contribution in [0.5, 0.6) is 0 Å². The lowest BCUT2D eigenvalue weighted by atomic mass is 9.82. The topological polar surface area (TPSA) is 35.1 Å². The third-order valence-electron chi connectivity index (χ3n) is 8.73. The summed E-state index contributed by atoms with van der Waals surface area (Å²) in [5, 5.41) is 3.71. The SMILES string of the molecule is Cc1cc(C)c2c(=O)c3ccc(-n4c5ccccc5c5cc6c(cc54)C(C)(C)c4ccccc4-6)cc3oc2c1. The van der Waals surface area contributed by atoms with Crippen LogP contribution >= 0.6 is 0 Å². The molecule has 8 rings (SSSR count). The summed E-state index contributed by atoms with van der Waals surface area (Å²) in [4.78, 5) is 13.5. The zero-order valence-electron chi connectivity index (χ0n) is 22.4. The fourth-order valence-electron chi connectivity index (χ4n) is 6.92. The minimum absolute atomic E-state index is 0.0230. The van der Waals surface area contributed by atoms with Crippen LogP contribution in [0.25, 0.3) is 60.6 Å². The Balaban J connectivity index is 1.46. The minimum atomic E-state index is -0.0911. The van der Waals surface area contributed by atoms with Gasteiger partial charge in [0.05, 0.1) is 21.8 Å². The second-order valence-electron chi connectivity index (χ2n) is 11.5. The van der Waals surface area contributed by atoms with E-state index in [0.29, 0.717) is 21.9 Å². The summed E-state index contributed by atoms with van der Waals surface area (Å²) in [5.41, 5.74) is 11.8. The molecule has 2 aromatic heterocycles. The Kier molecular flexibility index (Phi) is 4.29. The standard InChI is InChI=1S/C36H27NO2/c1-20-15-21(2)34-33(16-20)39-32-17-22(13-14-25(32)35(34)38)37-30-12-8-6-10-24(30)27-18-26-23-9-5-7-11-28(23)36(3,4)29(26)19-31(27)37/h5-19H,1-4H3. The third kappa shape index (κ3) is 2.90. The Labute approximate surface area is 225 Å². The van der Waals surface area contributed by atoms with Crippen LogP contribution < -0.4 is 5.43 Å². The van der Waals surface area contributed by atoms with Gasteiger partial charge in [0, 0.05) is 27.9 Å². The maximum Gasteiger partial charge on any atom is 0.200 e. The van der Waals surface area contributed by atoms with Gasteiger partial charge in [-0.2, -0.15) is 0 Å². The zero-order chi connectivity index (χ0) is 26.6. The first-order valence-corrected chi connectivity index (χ1v) is 13.5. The van der Waals surface area contributed by atoms with E-state index in [1.165, 1.54) is 33.0 Å². The van der Waals surface area contributed by atoms with E-state index >= 15 is 0 Å². The van der Waals surface area contributed by atoms with Crippen LogP contribution in [-0.4, -0.2) is 4.57 Å². The van der Waals surface area contributed by atoms with Gasteiger partial charge in [-0.05, 0) is 83.6 Å². The molecule has 0 bridgehead atoms. The van der Waals surface area contributed by atoms with Crippen molar-refractivity contribution >= 4 is 43.7 Å². The third-order valence-corrected chi connectivity index (χ3v) is 8.73. The Morgan fingerprint density at radius 3 is 2.33 bits per heavy atom. The second kappa shape index (κ2) is 7.48. The number of rotatable bonds is 1. The highest BCUT2D eigenvalue weighted by Crippen LogP contribution is 2.50. The molecule has 2 heterocycles. The highest BCUT2D eigenvalue weighted by Gasteiger charge is 2.36. The first-order valence-electron chi connectivity index (χ1n) is 13.5. The van der Waals surface area contributed by atoms with Crippen LogP contribution in [0.2, 0.25) is 0 Å². The molecule has 0 spiro atoms. The molecule has 1 aliphatic carbocycles. The van der Waals surface area contributed by atoms with Crippen molar-refractivity contribution < 1.29 is 4.42 Å². The number of hydrogen-bond acceptors (Lipinski definition) is 2. The van der Waals surface area contributed by atoms with Gasteiger partial charge in [0.15, 0.2) is 0 Å². The van der Waals surface area contributed by atoms with Crippen molar-refractivity contribution in [3.63, 3.8) is 0 Å². The lowest BCUT2D eigenvalue weighted by molar-refractivity contribution is 0.658. The Morgan fingerprint density at radius 1 is 0.667 bits per heavy atom. The van der Waals surface area contributed by atoms with Crippen LogP contribution in [0, 0.1) is 13.8 Å². The molecule has 1 aliphatic rings. The summed E-state index contributed by atoms with van der Waals surface area (Å²) >= 11 is 0. The molecule has 0 saturated heterocycles. The molecule has 3 heteroatoms. The van der Waals surface area contributed by atoms with Gasteiger partial charge in [-0.3, -0.25) is 4.79 Å². The van der Waals surface area contributed by atoms with E-state index < -0.39 is 0 Å². The van der Waals surface area contributed by atoms with Crippen LogP contribution in [0.15, 0.2) is 100 Å². The fraction of sp³-hybridized carbons (Fsp3) is 0.139. The highest BCUT2D eigenvalue weighted by atomic mass is 16.3. The smallest absolute Gasteiger partial charge is 0.200 e. The molecule has 3 nitrogen and oxygen atoms in total. The molecular formula is C36H27NO2. The maximum atomic E-state index is 13.5. The van der Waals surface area contributed by atoms with E-state index in [1.807, 2.05) is 44.2 Å². The number of para-hydroxylation sites is 1. The molecule has 39 heavy (non-hydrogen) atoms. The second-order valence-corrected chi connectivity index (χ2v) is 11.5. The van der Waals surface area contributed by atoms with Crippen LogP contribution in [0.3, 0.4) is 0 Å². The lowest BCUT2D eigenvalue weighted by Gasteiger charge is -2.21. The largest absolute Gasteiger partial charge is 0.456 e. The predicted octanol–water partition coefficient (Wildman–Crippen LogP) is 8.97. The molecular weight excluding hydrogens is 478 g/mol. The summed E-state index contributed by atoms with van der Waals surface area (Å²) in [6.45, 7) is 8.64. The van der Waals surface area contributed by atoms with Crippen molar-refractivity contribution in [1.29, 1.82) is 0 Å². The zero-order valence-corrected chi connectivity index (χ0v) is 22.4. The monoisotopic (exact) mass is 505 g/mol. The van der Waals surface area contributed by atoms with Gasteiger partial charge in [-0.15, -0.1) is 0 Å². The van der Waals surface area contributed by atoms with Crippen molar-refractivity contribution in [3.8, 4) is 16.8 Å². The molecule has 0 atom stereocenters. The normalized spacial score (nSPS) is 13.9. The summed E-state index contributed by atoms with van der Waals surface area (Å²) < 4.78 is 8.70. The van der Waals surface area contributed by atoms with E-state index in [9.17, 15) is 4.79 Å². The Morgan fingerprint density at radius 2 is 1.46 bits per heavy atom. The van der Waals surface area contributed by atoms with Crippen molar-refractivity contribution in [2.45, 2.75) is 33.1 Å². The summed E-state index contributed by atoms with van der Waals surface area (Å²) in [7, 11) is 0. The average Bonchev–Trinajstić information content (AvgIpc) is 3.36. The van der Waals surface area contributed by atoms with E-state index in [4.69, 9.17) is 4.42 Å². The number of aryl methyl sites for hydroxylation is 2. The fourth-order valence-corrected chi connectivity index (χ4v) is 6.92. The molecule has 0 amide bonds. The first kappa shape index (κ1) is 22.4. The van der Waals surface area contributed by atoms with Gasteiger partial charge in [0.25, 0.3) is 0 Å². The summed E-state index contributed by atoms with van der Waals surface area (Å²) in [5.74, 6) is 0. The Hall–Kier alpha value is -4.63. The molecule has 7 aromatic rings. The average molecular weight is 506 g/mol. The molecule has 0 radical (unpaired) electrons. The van der Waals surface area contributed by atoms with E-state index in [-0.39, 0.29) is 10.8 Å². The van der Waals surface area contributed by atoms with Crippen molar-refractivity contribution in [3.05, 3.63) is 123 Å². The quantitative estimate of drug-likeness (QED) is 0.209. The number of fused-ring (bicyclic) bond motifs is 8. The lowest BCUT2D eigenvalue weighted by Crippen LogP contribution is -2.15. The number of benzene rings is 5. The molecule has 0 saturated carbocycles. The maximum absolute atomic E-state index is 13.5. The van der Waals surface area contributed by atoms with Crippen molar-refractivity contribution in [2.75, 3.05) is 0 Å². The number of nitrogens with zero attached hydrogens (tertiary/aromatic N) is 1. The van der Waals surface area contributed by atoms with Crippen LogP contribution in [-0.2, 0) is 5.41 Å². The van der Waals surface area contributed by atoms with Crippen molar-refractivity contribution in [1.82, 2.24) is 4.57 Å². The van der Waals surface area contributed by atoms with Gasteiger partial charge in [0.1, 0.15) is 11.2 Å². The molecule has 188 valence electrons.